The highest BCUT2D eigenvalue weighted by molar-refractivity contribution is 5.91. The van der Waals surface area contributed by atoms with Crippen LogP contribution in [0.3, 0.4) is 0 Å². The highest BCUT2D eigenvalue weighted by atomic mass is 16.1. The van der Waals surface area contributed by atoms with Crippen molar-refractivity contribution in [2.45, 2.75) is 13.5 Å². The van der Waals surface area contributed by atoms with Crippen LogP contribution >= 0.6 is 0 Å². The van der Waals surface area contributed by atoms with E-state index in [4.69, 9.17) is 0 Å². The smallest absolute Gasteiger partial charge is 0.271 e. The summed E-state index contributed by atoms with van der Waals surface area (Å²) in [6.45, 7) is 3.18. The van der Waals surface area contributed by atoms with Crippen LogP contribution in [0.15, 0.2) is 36.9 Å². The number of pyridine rings is 1. The van der Waals surface area contributed by atoms with E-state index in [9.17, 15) is 4.79 Å². The van der Waals surface area contributed by atoms with Gasteiger partial charge in [0.25, 0.3) is 5.91 Å². The summed E-state index contributed by atoms with van der Waals surface area (Å²) in [5.41, 5.74) is 1.29. The molecule has 2 heterocycles. The van der Waals surface area contributed by atoms with Crippen LogP contribution in [0.25, 0.3) is 0 Å². The fourth-order valence-corrected chi connectivity index (χ4v) is 1.49. The summed E-state index contributed by atoms with van der Waals surface area (Å²) < 4.78 is 0. The van der Waals surface area contributed by atoms with Crippen molar-refractivity contribution in [1.82, 2.24) is 20.3 Å². The Morgan fingerprint density at radius 1 is 1.21 bits per heavy atom. The van der Waals surface area contributed by atoms with Crippen LogP contribution in [0.4, 0.5) is 5.82 Å². The predicted octanol–water partition coefficient (Wildman–Crippen LogP) is 1.23. The molecule has 0 radical (unpaired) electrons. The van der Waals surface area contributed by atoms with Gasteiger partial charge in [-0.1, -0.05) is 0 Å². The van der Waals surface area contributed by atoms with Crippen LogP contribution in [-0.4, -0.2) is 27.4 Å². The number of carbonyl (C=O) groups excluding carboxylic acids is 1. The maximum atomic E-state index is 11.8. The van der Waals surface area contributed by atoms with Gasteiger partial charge in [0.15, 0.2) is 0 Å². The van der Waals surface area contributed by atoms with E-state index >= 15 is 0 Å². The molecular weight excluding hydrogens is 242 g/mol. The third-order valence-corrected chi connectivity index (χ3v) is 2.44. The van der Waals surface area contributed by atoms with Gasteiger partial charge in [-0.15, -0.1) is 0 Å². The second kappa shape index (κ2) is 6.44. The number of hydrogen-bond donors (Lipinski definition) is 2. The molecule has 0 aliphatic heterocycles. The molecule has 1 amide bonds. The summed E-state index contributed by atoms with van der Waals surface area (Å²) in [5.74, 6) is 0.417. The Morgan fingerprint density at radius 3 is 2.63 bits per heavy atom. The minimum Gasteiger partial charge on any atom is -0.369 e. The first-order valence-corrected chi connectivity index (χ1v) is 6.02. The van der Waals surface area contributed by atoms with Gasteiger partial charge in [-0.3, -0.25) is 9.78 Å². The molecule has 0 aliphatic rings. The van der Waals surface area contributed by atoms with Crippen LogP contribution in [0.5, 0.6) is 0 Å². The van der Waals surface area contributed by atoms with Crippen LogP contribution in [0.2, 0.25) is 0 Å². The Hall–Kier alpha value is -2.50. The quantitative estimate of drug-likeness (QED) is 0.842. The largest absolute Gasteiger partial charge is 0.369 e. The zero-order valence-electron chi connectivity index (χ0n) is 10.6. The van der Waals surface area contributed by atoms with Gasteiger partial charge in [-0.2, -0.15) is 0 Å². The van der Waals surface area contributed by atoms with Gasteiger partial charge in [-0.05, 0) is 24.6 Å². The Morgan fingerprint density at radius 2 is 2.00 bits per heavy atom. The van der Waals surface area contributed by atoms with Gasteiger partial charge in [0, 0.05) is 25.5 Å². The molecule has 0 saturated carbocycles. The third-order valence-electron chi connectivity index (χ3n) is 2.44. The highest BCUT2D eigenvalue weighted by Crippen LogP contribution is 2.01. The van der Waals surface area contributed by atoms with Crippen molar-refractivity contribution in [3.8, 4) is 0 Å². The summed E-state index contributed by atoms with van der Waals surface area (Å²) in [5, 5.41) is 5.80. The number of rotatable bonds is 5. The van der Waals surface area contributed by atoms with E-state index in [1.54, 1.807) is 18.6 Å². The van der Waals surface area contributed by atoms with E-state index < -0.39 is 0 Å². The number of carbonyl (C=O) groups is 1. The minimum atomic E-state index is -0.243. The van der Waals surface area contributed by atoms with E-state index in [0.29, 0.717) is 18.1 Å². The van der Waals surface area contributed by atoms with Gasteiger partial charge in [0.2, 0.25) is 0 Å². The zero-order chi connectivity index (χ0) is 13.5. The Kier molecular flexibility index (Phi) is 4.39. The lowest BCUT2D eigenvalue weighted by Crippen LogP contribution is -2.24. The number of anilines is 1. The molecule has 6 heteroatoms. The van der Waals surface area contributed by atoms with E-state index in [1.165, 1.54) is 6.20 Å². The van der Waals surface area contributed by atoms with Gasteiger partial charge >= 0.3 is 0 Å². The molecule has 6 nitrogen and oxygen atoms in total. The van der Waals surface area contributed by atoms with Crippen LogP contribution < -0.4 is 10.6 Å². The number of nitrogens with one attached hydrogen (secondary N) is 2. The van der Waals surface area contributed by atoms with Crippen molar-refractivity contribution < 1.29 is 4.79 Å². The average Bonchev–Trinajstić information content (AvgIpc) is 2.47. The Balaban J connectivity index is 1.92. The molecule has 98 valence electrons. The maximum absolute atomic E-state index is 11.8. The second-order valence-electron chi connectivity index (χ2n) is 3.86. The Labute approximate surface area is 111 Å². The predicted molar refractivity (Wildman–Crippen MR) is 71.6 cm³/mol. The van der Waals surface area contributed by atoms with Crippen LogP contribution in [0.1, 0.15) is 23.0 Å². The van der Waals surface area contributed by atoms with Gasteiger partial charge in [0.1, 0.15) is 11.5 Å². The van der Waals surface area contributed by atoms with Crippen molar-refractivity contribution in [3.63, 3.8) is 0 Å². The molecule has 2 rings (SSSR count). The topological polar surface area (TPSA) is 79.8 Å². The normalized spacial score (nSPS) is 9.95. The van der Waals surface area contributed by atoms with Crippen molar-refractivity contribution in [2.75, 3.05) is 11.9 Å². The summed E-state index contributed by atoms with van der Waals surface area (Å²) >= 11 is 0. The van der Waals surface area contributed by atoms with Crippen molar-refractivity contribution in [1.29, 1.82) is 0 Å². The molecule has 2 aromatic rings. The van der Waals surface area contributed by atoms with Crippen molar-refractivity contribution in [2.24, 2.45) is 0 Å². The fraction of sp³-hybridized carbons (Fsp3) is 0.231. The molecule has 0 bridgehead atoms. The molecule has 0 atom stereocenters. The Bertz CT molecular complexity index is 526. The van der Waals surface area contributed by atoms with E-state index in [1.807, 2.05) is 19.1 Å². The minimum absolute atomic E-state index is 0.243. The average molecular weight is 257 g/mol. The van der Waals surface area contributed by atoms with Gasteiger partial charge < -0.3 is 10.6 Å². The molecule has 0 fully saturated rings. The molecule has 0 unspecified atom stereocenters. The molecule has 0 aromatic carbocycles. The summed E-state index contributed by atoms with van der Waals surface area (Å²) in [4.78, 5) is 23.9. The lowest BCUT2D eigenvalue weighted by atomic mass is 10.2. The molecule has 2 N–H and O–H groups in total. The van der Waals surface area contributed by atoms with Crippen molar-refractivity contribution in [3.05, 3.63) is 48.2 Å². The number of amides is 1. The second-order valence-corrected chi connectivity index (χ2v) is 3.86. The molecule has 19 heavy (non-hydrogen) atoms. The maximum Gasteiger partial charge on any atom is 0.271 e. The molecule has 2 aromatic heterocycles. The summed E-state index contributed by atoms with van der Waals surface area (Å²) in [6, 6.07) is 3.69. The number of hydrogen-bond acceptors (Lipinski definition) is 5. The monoisotopic (exact) mass is 257 g/mol. The van der Waals surface area contributed by atoms with Crippen LogP contribution in [0, 0.1) is 0 Å². The molecule has 0 spiro atoms. The zero-order valence-corrected chi connectivity index (χ0v) is 10.6. The standard InChI is InChI=1S/C13H15N5O/c1-2-15-12-9-16-11(8-17-12)13(19)18-7-10-3-5-14-6-4-10/h3-6,8-9H,2,7H2,1H3,(H,15,17)(H,18,19). The number of aromatic nitrogens is 3. The third kappa shape index (κ3) is 3.74. The molecule has 0 aliphatic carbocycles. The number of nitrogens with zero attached hydrogens (tertiary/aromatic N) is 3. The summed E-state index contributed by atoms with van der Waals surface area (Å²) in [7, 11) is 0. The van der Waals surface area contributed by atoms with Gasteiger partial charge in [0.05, 0.1) is 12.4 Å². The van der Waals surface area contributed by atoms with E-state index in [-0.39, 0.29) is 5.91 Å². The summed E-state index contributed by atoms with van der Waals surface area (Å²) in [6.07, 6.45) is 6.38. The van der Waals surface area contributed by atoms with Crippen molar-refractivity contribution >= 4 is 11.7 Å². The molecular formula is C13H15N5O. The SMILES string of the molecule is CCNc1cnc(C(=O)NCc2ccncc2)cn1. The van der Waals surface area contributed by atoms with E-state index in [2.05, 4.69) is 25.6 Å². The first kappa shape index (κ1) is 12.9. The van der Waals surface area contributed by atoms with Crippen LogP contribution in [-0.2, 0) is 6.54 Å². The van der Waals surface area contributed by atoms with E-state index in [0.717, 1.165) is 12.1 Å². The highest BCUT2D eigenvalue weighted by Gasteiger charge is 2.07. The first-order valence-electron chi connectivity index (χ1n) is 6.02. The first-order chi connectivity index (χ1) is 9.29. The lowest BCUT2D eigenvalue weighted by Gasteiger charge is -2.05. The fourth-order valence-electron chi connectivity index (χ4n) is 1.49. The molecule has 0 saturated heterocycles. The lowest BCUT2D eigenvalue weighted by molar-refractivity contribution is 0.0945. The van der Waals surface area contributed by atoms with Gasteiger partial charge in [-0.25, -0.2) is 9.97 Å².